The smallest absolute Gasteiger partial charge is 0.0645 e. The number of hydrogen-bond donors (Lipinski definition) is 1. The molecule has 1 atom stereocenters. The van der Waals surface area contributed by atoms with Crippen LogP contribution in [0.25, 0.3) is 5.69 Å². The number of hydrogen-bond acceptors (Lipinski definition) is 4. The summed E-state index contributed by atoms with van der Waals surface area (Å²) in [7, 11) is 0. The zero-order valence-electron chi connectivity index (χ0n) is 15.9. The van der Waals surface area contributed by atoms with Crippen molar-refractivity contribution in [3.05, 3.63) is 59.9 Å². The van der Waals surface area contributed by atoms with Gasteiger partial charge in [-0.05, 0) is 44.0 Å². The van der Waals surface area contributed by atoms with Crippen LogP contribution in [0.5, 0.6) is 0 Å². The fourth-order valence-corrected chi connectivity index (χ4v) is 3.50. The van der Waals surface area contributed by atoms with Crippen LogP contribution < -0.4 is 0 Å². The molecule has 2 aromatic rings. The minimum absolute atomic E-state index is 0.252. The topological polar surface area (TPSA) is 44.5 Å². The van der Waals surface area contributed by atoms with Crippen LogP contribution in [-0.4, -0.2) is 63.5 Å². The first-order valence-corrected chi connectivity index (χ1v) is 9.45. The summed E-state index contributed by atoms with van der Waals surface area (Å²) in [6.07, 6.45) is 6.88. The summed E-state index contributed by atoms with van der Waals surface area (Å²) < 4.78 is 1.88. The summed E-state index contributed by atoms with van der Waals surface area (Å²) in [6, 6.07) is 11.0. The van der Waals surface area contributed by atoms with Gasteiger partial charge in [-0.15, -0.1) is 0 Å². The molecule has 0 saturated carbocycles. The predicted molar refractivity (Wildman–Crippen MR) is 105 cm³/mol. The molecule has 5 heteroatoms. The summed E-state index contributed by atoms with van der Waals surface area (Å²) >= 11 is 0. The Bertz CT molecular complexity index is 689. The molecule has 5 nitrogen and oxygen atoms in total. The first-order valence-electron chi connectivity index (χ1n) is 9.45. The second-order valence-electron chi connectivity index (χ2n) is 7.29. The zero-order valence-corrected chi connectivity index (χ0v) is 15.9. The maximum absolute atomic E-state index is 9.44. The van der Waals surface area contributed by atoms with Crippen molar-refractivity contribution in [1.82, 2.24) is 19.6 Å². The largest absolute Gasteiger partial charge is 0.396 e. The highest BCUT2D eigenvalue weighted by Gasteiger charge is 2.25. The third-order valence-corrected chi connectivity index (χ3v) is 5.00. The Hall–Kier alpha value is -1.95. The maximum atomic E-state index is 9.44. The molecule has 1 aromatic heterocycles. The van der Waals surface area contributed by atoms with E-state index in [9.17, 15) is 5.11 Å². The molecule has 1 saturated heterocycles. The fraction of sp³-hybridized carbons (Fsp3) is 0.476. The van der Waals surface area contributed by atoms with Crippen LogP contribution in [0.3, 0.4) is 0 Å². The molecule has 1 N–H and O–H groups in total. The minimum Gasteiger partial charge on any atom is -0.396 e. The van der Waals surface area contributed by atoms with Crippen LogP contribution in [0.2, 0.25) is 0 Å². The summed E-state index contributed by atoms with van der Waals surface area (Å²) in [4.78, 5) is 5.00. The van der Waals surface area contributed by atoms with Crippen LogP contribution in [0.1, 0.15) is 25.8 Å². The van der Waals surface area contributed by atoms with E-state index >= 15 is 0 Å². The number of nitrogens with zero attached hydrogens (tertiary/aromatic N) is 4. The highest BCUT2D eigenvalue weighted by molar-refractivity contribution is 5.33. The van der Waals surface area contributed by atoms with E-state index in [0.717, 1.165) is 44.8 Å². The first-order chi connectivity index (χ1) is 12.7. The summed E-state index contributed by atoms with van der Waals surface area (Å²) in [6.45, 7) is 9.62. The number of aliphatic hydroxyl groups excluding tert-OH is 1. The molecular weight excluding hydrogens is 324 g/mol. The van der Waals surface area contributed by atoms with E-state index in [1.54, 1.807) is 6.20 Å². The van der Waals surface area contributed by atoms with Gasteiger partial charge in [0.25, 0.3) is 0 Å². The van der Waals surface area contributed by atoms with Crippen molar-refractivity contribution in [2.24, 2.45) is 0 Å². The summed E-state index contributed by atoms with van der Waals surface area (Å²) in [5.74, 6) is 0. The van der Waals surface area contributed by atoms with Gasteiger partial charge in [0.15, 0.2) is 0 Å². The molecule has 0 amide bonds. The molecule has 26 heavy (non-hydrogen) atoms. The zero-order chi connectivity index (χ0) is 18.4. The number of piperazine rings is 1. The van der Waals surface area contributed by atoms with Gasteiger partial charge in [-0.1, -0.05) is 23.8 Å². The molecule has 0 spiro atoms. The van der Waals surface area contributed by atoms with Crippen LogP contribution in [0.15, 0.2) is 54.4 Å². The highest BCUT2D eigenvalue weighted by Crippen LogP contribution is 2.17. The van der Waals surface area contributed by atoms with E-state index in [-0.39, 0.29) is 6.61 Å². The normalized spacial score (nSPS) is 18.8. The molecule has 1 aliphatic heterocycles. The molecule has 0 bridgehead atoms. The molecule has 1 aliphatic rings. The Balaban J connectivity index is 1.59. The van der Waals surface area contributed by atoms with E-state index in [0.29, 0.717) is 6.04 Å². The molecular formula is C21H30N4O. The quantitative estimate of drug-likeness (QED) is 0.777. The number of aromatic nitrogens is 2. The second kappa shape index (κ2) is 9.12. The number of aliphatic hydroxyl groups is 1. The predicted octanol–water partition coefficient (Wildman–Crippen LogP) is 2.71. The van der Waals surface area contributed by atoms with Gasteiger partial charge in [0.1, 0.15) is 0 Å². The van der Waals surface area contributed by atoms with Gasteiger partial charge in [0, 0.05) is 57.8 Å². The third-order valence-electron chi connectivity index (χ3n) is 5.00. The third kappa shape index (κ3) is 5.04. The SMILES string of the molecule is CC(C)=CCN1CCN(Cc2ccc(-n3cccn3)cc2)C[C@@H]1CCO. The summed E-state index contributed by atoms with van der Waals surface area (Å²) in [5, 5.41) is 13.7. The lowest BCUT2D eigenvalue weighted by atomic mass is 10.1. The minimum atomic E-state index is 0.252. The Labute approximate surface area is 156 Å². The van der Waals surface area contributed by atoms with Gasteiger partial charge in [0.2, 0.25) is 0 Å². The van der Waals surface area contributed by atoms with Crippen molar-refractivity contribution >= 4 is 0 Å². The van der Waals surface area contributed by atoms with E-state index in [1.165, 1.54) is 11.1 Å². The van der Waals surface area contributed by atoms with Gasteiger partial charge >= 0.3 is 0 Å². The monoisotopic (exact) mass is 354 g/mol. The number of benzene rings is 1. The number of allylic oxidation sites excluding steroid dienone is 1. The van der Waals surface area contributed by atoms with Crippen molar-refractivity contribution < 1.29 is 5.11 Å². The van der Waals surface area contributed by atoms with Crippen molar-refractivity contribution in [3.63, 3.8) is 0 Å². The van der Waals surface area contributed by atoms with E-state index in [2.05, 4.69) is 59.1 Å². The highest BCUT2D eigenvalue weighted by atomic mass is 16.3. The first kappa shape index (κ1) is 18.8. The Morgan fingerprint density at radius 2 is 2.04 bits per heavy atom. The molecule has 1 fully saturated rings. The van der Waals surface area contributed by atoms with Crippen molar-refractivity contribution in [2.75, 3.05) is 32.8 Å². The molecule has 0 aliphatic carbocycles. The standard InChI is InChI=1S/C21H30N4O/c1-18(2)8-12-24-14-13-23(17-21(24)9-15-26)16-19-4-6-20(7-5-19)25-11-3-10-22-25/h3-8,10-11,21,26H,9,12-17H2,1-2H3/t21-/m0/s1. The summed E-state index contributed by atoms with van der Waals surface area (Å²) in [5.41, 5.74) is 3.76. The lowest BCUT2D eigenvalue weighted by Crippen LogP contribution is -2.53. The van der Waals surface area contributed by atoms with Gasteiger partial charge in [0.05, 0.1) is 5.69 Å². The fourth-order valence-electron chi connectivity index (χ4n) is 3.50. The van der Waals surface area contributed by atoms with E-state index in [4.69, 9.17) is 0 Å². The molecule has 2 heterocycles. The Kier molecular flexibility index (Phi) is 6.61. The van der Waals surface area contributed by atoms with Crippen LogP contribution in [0, 0.1) is 0 Å². The van der Waals surface area contributed by atoms with Crippen LogP contribution in [0.4, 0.5) is 0 Å². The average molecular weight is 354 g/mol. The van der Waals surface area contributed by atoms with Crippen molar-refractivity contribution in [1.29, 1.82) is 0 Å². The average Bonchev–Trinajstić information content (AvgIpc) is 3.16. The maximum Gasteiger partial charge on any atom is 0.0645 e. The Morgan fingerprint density at radius 1 is 1.23 bits per heavy atom. The van der Waals surface area contributed by atoms with E-state index < -0.39 is 0 Å². The van der Waals surface area contributed by atoms with Gasteiger partial charge in [-0.25, -0.2) is 4.68 Å². The molecule has 0 radical (unpaired) electrons. The van der Waals surface area contributed by atoms with E-state index in [1.807, 2.05) is 16.9 Å². The molecule has 1 aromatic carbocycles. The lowest BCUT2D eigenvalue weighted by molar-refractivity contribution is 0.0637. The lowest BCUT2D eigenvalue weighted by Gasteiger charge is -2.41. The molecule has 3 rings (SSSR count). The Morgan fingerprint density at radius 3 is 2.69 bits per heavy atom. The molecule has 0 unspecified atom stereocenters. The van der Waals surface area contributed by atoms with Crippen molar-refractivity contribution in [3.8, 4) is 5.69 Å². The second-order valence-corrected chi connectivity index (χ2v) is 7.29. The van der Waals surface area contributed by atoms with Gasteiger partial charge in [-0.3, -0.25) is 9.80 Å². The van der Waals surface area contributed by atoms with Crippen molar-refractivity contribution in [2.45, 2.75) is 32.9 Å². The number of rotatable bonds is 7. The molecule has 140 valence electrons. The van der Waals surface area contributed by atoms with Crippen LogP contribution >= 0.6 is 0 Å². The van der Waals surface area contributed by atoms with Gasteiger partial charge < -0.3 is 5.11 Å². The van der Waals surface area contributed by atoms with Crippen LogP contribution in [-0.2, 0) is 6.54 Å². The van der Waals surface area contributed by atoms with Gasteiger partial charge in [-0.2, -0.15) is 5.10 Å².